The molecular formula is C22H19N5OS. The van der Waals surface area contributed by atoms with E-state index in [1.165, 1.54) is 0 Å². The minimum atomic E-state index is -0.253. The molecule has 2 heterocycles. The van der Waals surface area contributed by atoms with Gasteiger partial charge < -0.3 is 4.98 Å². The summed E-state index contributed by atoms with van der Waals surface area (Å²) < 4.78 is 0. The summed E-state index contributed by atoms with van der Waals surface area (Å²) in [7, 11) is 0. The van der Waals surface area contributed by atoms with Crippen molar-refractivity contribution in [1.82, 2.24) is 20.4 Å². The third-order valence-corrected chi connectivity index (χ3v) is 5.26. The van der Waals surface area contributed by atoms with Crippen molar-refractivity contribution in [3.05, 3.63) is 89.7 Å². The standard InChI is InChI=1S/C22H19N5OS/c1-15(18-6-4-5-13-23-18)26-27-21(28)17-11-9-16(10-12-17)14-29-22-24-19-7-2-3-8-20(19)25-22/h2-13H,14H2,1H3,(H,24,25)(H,27,28)/b26-15+. The zero-order chi connectivity index (χ0) is 20.1. The van der Waals surface area contributed by atoms with E-state index in [4.69, 9.17) is 0 Å². The van der Waals surface area contributed by atoms with Crippen LogP contribution in [0.2, 0.25) is 0 Å². The molecule has 2 N–H and O–H groups in total. The fraction of sp³-hybridized carbons (Fsp3) is 0.0909. The smallest absolute Gasteiger partial charge is 0.271 e. The summed E-state index contributed by atoms with van der Waals surface area (Å²) in [5.74, 6) is 0.510. The zero-order valence-electron chi connectivity index (χ0n) is 15.8. The number of imidazole rings is 1. The number of aromatic nitrogens is 3. The van der Waals surface area contributed by atoms with Gasteiger partial charge in [0.25, 0.3) is 5.91 Å². The molecule has 0 fully saturated rings. The number of aromatic amines is 1. The van der Waals surface area contributed by atoms with Gasteiger partial charge in [-0.25, -0.2) is 10.4 Å². The van der Waals surface area contributed by atoms with E-state index >= 15 is 0 Å². The summed E-state index contributed by atoms with van der Waals surface area (Å²) in [6.45, 7) is 1.81. The minimum Gasteiger partial charge on any atom is -0.333 e. The number of fused-ring (bicyclic) bond motifs is 1. The van der Waals surface area contributed by atoms with Crippen molar-refractivity contribution in [2.45, 2.75) is 17.8 Å². The van der Waals surface area contributed by atoms with Crippen molar-refractivity contribution >= 4 is 34.4 Å². The molecule has 0 saturated heterocycles. The van der Waals surface area contributed by atoms with Gasteiger partial charge in [0.2, 0.25) is 0 Å². The third kappa shape index (κ3) is 4.70. The Labute approximate surface area is 172 Å². The molecule has 0 bridgehead atoms. The first kappa shape index (κ1) is 18.9. The van der Waals surface area contributed by atoms with Crippen molar-refractivity contribution < 1.29 is 4.79 Å². The van der Waals surface area contributed by atoms with Crippen LogP contribution in [0.15, 0.2) is 83.2 Å². The molecule has 29 heavy (non-hydrogen) atoms. The van der Waals surface area contributed by atoms with Crippen molar-refractivity contribution in [1.29, 1.82) is 0 Å². The molecule has 4 rings (SSSR count). The SMILES string of the molecule is C/C(=N\NC(=O)c1ccc(CSc2nc3ccccc3[nH]2)cc1)c1ccccn1. The normalized spacial score (nSPS) is 11.6. The number of hydrogen-bond donors (Lipinski definition) is 2. The summed E-state index contributed by atoms with van der Waals surface area (Å²) in [5, 5.41) is 5.01. The first-order valence-corrected chi connectivity index (χ1v) is 10.1. The van der Waals surface area contributed by atoms with Crippen LogP contribution in [-0.4, -0.2) is 26.6 Å². The molecule has 7 heteroatoms. The number of nitrogens with zero attached hydrogens (tertiary/aromatic N) is 3. The van der Waals surface area contributed by atoms with Crippen LogP contribution in [-0.2, 0) is 5.75 Å². The number of para-hydroxylation sites is 2. The molecule has 6 nitrogen and oxygen atoms in total. The van der Waals surface area contributed by atoms with Gasteiger partial charge in [0.05, 0.1) is 22.4 Å². The van der Waals surface area contributed by atoms with E-state index in [0.717, 1.165) is 33.2 Å². The Kier molecular flexibility index (Phi) is 5.67. The van der Waals surface area contributed by atoms with E-state index in [1.54, 1.807) is 37.0 Å². The van der Waals surface area contributed by atoms with Crippen molar-refractivity contribution in [2.24, 2.45) is 5.10 Å². The average Bonchev–Trinajstić information content (AvgIpc) is 3.20. The number of amides is 1. The number of rotatable bonds is 6. The van der Waals surface area contributed by atoms with E-state index in [-0.39, 0.29) is 5.91 Å². The lowest BCUT2D eigenvalue weighted by Gasteiger charge is -2.04. The topological polar surface area (TPSA) is 83.0 Å². The molecule has 0 aliphatic carbocycles. The van der Waals surface area contributed by atoms with Gasteiger partial charge in [-0.3, -0.25) is 9.78 Å². The predicted octanol–water partition coefficient (Wildman–Crippen LogP) is 4.40. The molecule has 0 aliphatic heterocycles. The Balaban J connectivity index is 1.35. The molecule has 0 saturated carbocycles. The van der Waals surface area contributed by atoms with Gasteiger partial charge in [0.15, 0.2) is 5.16 Å². The van der Waals surface area contributed by atoms with Crippen LogP contribution in [0.25, 0.3) is 11.0 Å². The number of hydrogen-bond acceptors (Lipinski definition) is 5. The molecule has 0 aliphatic rings. The lowest BCUT2D eigenvalue weighted by Crippen LogP contribution is -2.19. The van der Waals surface area contributed by atoms with Crippen LogP contribution in [0.3, 0.4) is 0 Å². The van der Waals surface area contributed by atoms with Gasteiger partial charge >= 0.3 is 0 Å². The van der Waals surface area contributed by atoms with E-state index in [9.17, 15) is 4.79 Å². The zero-order valence-corrected chi connectivity index (χ0v) is 16.6. The van der Waals surface area contributed by atoms with Gasteiger partial charge in [0, 0.05) is 17.5 Å². The minimum absolute atomic E-state index is 0.253. The fourth-order valence-electron chi connectivity index (χ4n) is 2.74. The van der Waals surface area contributed by atoms with Crippen molar-refractivity contribution in [2.75, 3.05) is 0 Å². The van der Waals surface area contributed by atoms with Crippen LogP contribution < -0.4 is 5.43 Å². The quantitative estimate of drug-likeness (QED) is 0.285. The lowest BCUT2D eigenvalue weighted by atomic mass is 10.1. The summed E-state index contributed by atoms with van der Waals surface area (Å²) >= 11 is 1.63. The van der Waals surface area contributed by atoms with E-state index < -0.39 is 0 Å². The largest absolute Gasteiger partial charge is 0.333 e. The van der Waals surface area contributed by atoms with Gasteiger partial charge in [-0.1, -0.05) is 42.1 Å². The monoisotopic (exact) mass is 401 g/mol. The third-order valence-electron chi connectivity index (χ3n) is 4.32. The van der Waals surface area contributed by atoms with Gasteiger partial charge in [0.1, 0.15) is 0 Å². The number of carbonyl (C=O) groups is 1. The molecular weight excluding hydrogens is 382 g/mol. The summed E-state index contributed by atoms with van der Waals surface area (Å²) in [4.78, 5) is 24.4. The maximum Gasteiger partial charge on any atom is 0.271 e. The first-order chi connectivity index (χ1) is 14.2. The Morgan fingerprint density at radius 3 is 2.62 bits per heavy atom. The second kappa shape index (κ2) is 8.70. The molecule has 2 aromatic heterocycles. The fourth-order valence-corrected chi connectivity index (χ4v) is 3.58. The van der Waals surface area contributed by atoms with E-state index in [1.807, 2.05) is 54.6 Å². The van der Waals surface area contributed by atoms with Crippen LogP contribution in [0.4, 0.5) is 0 Å². The maximum absolute atomic E-state index is 12.3. The molecule has 0 radical (unpaired) electrons. The second-order valence-electron chi connectivity index (χ2n) is 6.40. The number of thioether (sulfide) groups is 1. The average molecular weight is 401 g/mol. The highest BCUT2D eigenvalue weighted by atomic mass is 32.2. The molecule has 144 valence electrons. The highest BCUT2D eigenvalue weighted by Crippen LogP contribution is 2.23. The molecule has 0 unspecified atom stereocenters. The van der Waals surface area contributed by atoms with Crippen molar-refractivity contribution in [3.63, 3.8) is 0 Å². The molecule has 0 spiro atoms. The first-order valence-electron chi connectivity index (χ1n) is 9.11. The van der Waals surface area contributed by atoms with Crippen LogP contribution >= 0.6 is 11.8 Å². The van der Waals surface area contributed by atoms with Crippen LogP contribution in [0.5, 0.6) is 0 Å². The summed E-state index contributed by atoms with van der Waals surface area (Å²) in [6, 6.07) is 21.0. The van der Waals surface area contributed by atoms with E-state index in [2.05, 4.69) is 25.5 Å². The molecule has 1 amide bonds. The Morgan fingerprint density at radius 2 is 1.86 bits per heavy atom. The Bertz CT molecular complexity index is 1120. The lowest BCUT2D eigenvalue weighted by molar-refractivity contribution is 0.0955. The number of H-pyrrole nitrogens is 1. The Hall–Kier alpha value is -3.45. The van der Waals surface area contributed by atoms with Gasteiger partial charge in [-0.15, -0.1) is 0 Å². The second-order valence-corrected chi connectivity index (χ2v) is 7.36. The number of hydrazone groups is 1. The number of carbonyl (C=O) groups excluding carboxylic acids is 1. The predicted molar refractivity (Wildman–Crippen MR) is 116 cm³/mol. The highest BCUT2D eigenvalue weighted by Gasteiger charge is 2.07. The molecule has 4 aromatic rings. The molecule has 0 atom stereocenters. The van der Waals surface area contributed by atoms with Crippen LogP contribution in [0, 0.1) is 0 Å². The number of pyridine rings is 1. The Morgan fingerprint density at radius 1 is 1.07 bits per heavy atom. The van der Waals surface area contributed by atoms with Gasteiger partial charge in [-0.2, -0.15) is 5.10 Å². The van der Waals surface area contributed by atoms with Gasteiger partial charge in [-0.05, 0) is 48.9 Å². The number of nitrogens with one attached hydrogen (secondary N) is 2. The van der Waals surface area contributed by atoms with Crippen molar-refractivity contribution in [3.8, 4) is 0 Å². The summed E-state index contributed by atoms with van der Waals surface area (Å²) in [5.41, 5.74) is 7.62. The highest BCUT2D eigenvalue weighted by molar-refractivity contribution is 7.98. The molecule has 2 aromatic carbocycles. The number of benzene rings is 2. The van der Waals surface area contributed by atoms with E-state index in [0.29, 0.717) is 11.3 Å². The summed E-state index contributed by atoms with van der Waals surface area (Å²) in [6.07, 6.45) is 1.69. The maximum atomic E-state index is 12.3. The van der Waals surface area contributed by atoms with Crippen LogP contribution in [0.1, 0.15) is 28.5 Å².